The van der Waals surface area contributed by atoms with Crippen LogP contribution in [-0.2, 0) is 9.53 Å². The number of nitro groups is 1. The molecule has 9 nitrogen and oxygen atoms in total. The predicted octanol–water partition coefficient (Wildman–Crippen LogP) is 2.61. The van der Waals surface area contributed by atoms with Crippen LogP contribution in [0.2, 0.25) is 0 Å². The van der Waals surface area contributed by atoms with Gasteiger partial charge < -0.3 is 9.47 Å². The fourth-order valence-electron chi connectivity index (χ4n) is 1.97. The standard InChI is InChI=1S/C13H12N4O5/c1-2-21-13(18)12(15-16-14)11-5-3-8-7-9(17(19)20)4-6-10(8)22-11/h3-7,11-12H,2H2,1H3. The van der Waals surface area contributed by atoms with Gasteiger partial charge in [-0.05, 0) is 24.6 Å². The van der Waals surface area contributed by atoms with E-state index in [2.05, 4.69) is 10.0 Å². The van der Waals surface area contributed by atoms with E-state index >= 15 is 0 Å². The number of ether oxygens (including phenoxy) is 2. The molecule has 0 radical (unpaired) electrons. The van der Waals surface area contributed by atoms with Crippen molar-refractivity contribution in [3.05, 3.63) is 50.4 Å². The largest absolute Gasteiger partial charge is 0.485 e. The fraction of sp³-hybridized carbons (Fsp3) is 0.308. The summed E-state index contributed by atoms with van der Waals surface area (Å²) in [5, 5.41) is 14.1. The Hall–Kier alpha value is -3.06. The van der Waals surface area contributed by atoms with Crippen LogP contribution in [0.25, 0.3) is 16.5 Å². The van der Waals surface area contributed by atoms with Crippen molar-refractivity contribution in [3.8, 4) is 5.75 Å². The van der Waals surface area contributed by atoms with E-state index in [-0.39, 0.29) is 12.3 Å². The Balaban J connectivity index is 2.26. The van der Waals surface area contributed by atoms with Gasteiger partial charge >= 0.3 is 5.97 Å². The van der Waals surface area contributed by atoms with Gasteiger partial charge in [-0.15, -0.1) is 0 Å². The van der Waals surface area contributed by atoms with Crippen LogP contribution >= 0.6 is 0 Å². The second kappa shape index (κ2) is 6.59. The minimum absolute atomic E-state index is 0.0672. The Labute approximate surface area is 124 Å². The van der Waals surface area contributed by atoms with Crippen molar-refractivity contribution >= 4 is 17.7 Å². The van der Waals surface area contributed by atoms with Gasteiger partial charge in [0.15, 0.2) is 6.04 Å². The molecule has 1 aromatic carbocycles. The quantitative estimate of drug-likeness (QED) is 0.206. The molecule has 9 heteroatoms. The Kier molecular flexibility index (Phi) is 4.60. The molecule has 22 heavy (non-hydrogen) atoms. The first-order valence-electron chi connectivity index (χ1n) is 6.41. The summed E-state index contributed by atoms with van der Waals surface area (Å²) < 4.78 is 10.4. The molecule has 0 N–H and O–H groups in total. The summed E-state index contributed by atoms with van der Waals surface area (Å²) in [6.07, 6.45) is 2.25. The Bertz CT molecular complexity index is 681. The summed E-state index contributed by atoms with van der Waals surface area (Å²) in [5.41, 5.74) is 9.01. The summed E-state index contributed by atoms with van der Waals surface area (Å²) in [5.74, 6) is -0.333. The van der Waals surface area contributed by atoms with Crippen molar-refractivity contribution in [1.82, 2.24) is 0 Å². The Morgan fingerprint density at radius 3 is 3.05 bits per heavy atom. The van der Waals surface area contributed by atoms with Crippen molar-refractivity contribution in [3.63, 3.8) is 0 Å². The molecule has 0 saturated carbocycles. The monoisotopic (exact) mass is 304 g/mol. The third-order valence-electron chi connectivity index (χ3n) is 2.95. The van der Waals surface area contributed by atoms with Crippen molar-refractivity contribution in [2.24, 2.45) is 5.11 Å². The summed E-state index contributed by atoms with van der Waals surface area (Å²) in [4.78, 5) is 24.6. The topological polar surface area (TPSA) is 127 Å². The average Bonchev–Trinajstić information content (AvgIpc) is 2.51. The van der Waals surface area contributed by atoms with E-state index in [9.17, 15) is 14.9 Å². The zero-order valence-corrected chi connectivity index (χ0v) is 11.6. The normalized spacial score (nSPS) is 16.7. The van der Waals surface area contributed by atoms with Crippen molar-refractivity contribution in [2.45, 2.75) is 19.1 Å². The van der Waals surface area contributed by atoms with Gasteiger partial charge in [-0.25, -0.2) is 0 Å². The lowest BCUT2D eigenvalue weighted by Crippen LogP contribution is -2.37. The smallest absolute Gasteiger partial charge is 0.319 e. The van der Waals surface area contributed by atoms with Crippen LogP contribution in [0.15, 0.2) is 29.4 Å². The number of azide groups is 1. The summed E-state index contributed by atoms with van der Waals surface area (Å²) in [6.45, 7) is 1.78. The first-order chi connectivity index (χ1) is 10.6. The van der Waals surface area contributed by atoms with Crippen LogP contribution < -0.4 is 4.74 Å². The van der Waals surface area contributed by atoms with Crippen LogP contribution in [0.1, 0.15) is 12.5 Å². The van der Waals surface area contributed by atoms with Gasteiger partial charge in [0.25, 0.3) is 5.69 Å². The number of non-ortho nitro benzene ring substituents is 1. The van der Waals surface area contributed by atoms with Crippen molar-refractivity contribution < 1.29 is 19.2 Å². The van der Waals surface area contributed by atoms with Gasteiger partial charge in [0, 0.05) is 22.6 Å². The minimum Gasteiger partial charge on any atom is -0.485 e. The average molecular weight is 304 g/mol. The molecule has 0 amide bonds. The third-order valence-corrected chi connectivity index (χ3v) is 2.95. The third kappa shape index (κ3) is 3.15. The molecular weight excluding hydrogens is 292 g/mol. The van der Waals surface area contributed by atoms with E-state index in [1.54, 1.807) is 13.0 Å². The van der Waals surface area contributed by atoms with Crippen LogP contribution in [0.3, 0.4) is 0 Å². The zero-order valence-electron chi connectivity index (χ0n) is 11.6. The van der Waals surface area contributed by atoms with E-state index in [1.165, 1.54) is 24.3 Å². The first kappa shape index (κ1) is 15.3. The van der Waals surface area contributed by atoms with Gasteiger partial charge in [0.2, 0.25) is 0 Å². The van der Waals surface area contributed by atoms with E-state index in [0.29, 0.717) is 11.3 Å². The number of hydrogen-bond acceptors (Lipinski definition) is 6. The SMILES string of the molecule is CCOC(=O)C(N=[N+]=[N-])C1C=Cc2cc([N+](=O)[O-])ccc2O1. The van der Waals surface area contributed by atoms with Crippen molar-refractivity contribution in [1.29, 1.82) is 0 Å². The van der Waals surface area contributed by atoms with Gasteiger partial charge in [-0.1, -0.05) is 11.2 Å². The van der Waals surface area contributed by atoms with Gasteiger partial charge in [-0.3, -0.25) is 14.9 Å². The number of esters is 1. The fourth-order valence-corrected chi connectivity index (χ4v) is 1.97. The molecule has 1 aliphatic rings. The number of fused-ring (bicyclic) bond motifs is 1. The predicted molar refractivity (Wildman–Crippen MR) is 76.1 cm³/mol. The van der Waals surface area contributed by atoms with E-state index in [0.717, 1.165) is 0 Å². The summed E-state index contributed by atoms with van der Waals surface area (Å²) in [6, 6.07) is 2.92. The van der Waals surface area contributed by atoms with E-state index in [1.807, 2.05) is 0 Å². The van der Waals surface area contributed by atoms with Crippen LogP contribution in [0.4, 0.5) is 5.69 Å². The highest BCUT2D eigenvalue weighted by Crippen LogP contribution is 2.31. The number of rotatable bonds is 5. The van der Waals surface area contributed by atoms with Gasteiger partial charge in [0.05, 0.1) is 11.5 Å². The Morgan fingerprint density at radius 2 is 2.41 bits per heavy atom. The highest BCUT2D eigenvalue weighted by molar-refractivity contribution is 5.78. The summed E-state index contributed by atoms with van der Waals surface area (Å²) >= 11 is 0. The second-order valence-electron chi connectivity index (χ2n) is 4.32. The molecule has 0 fully saturated rings. The first-order valence-corrected chi connectivity index (χ1v) is 6.41. The number of nitrogens with zero attached hydrogens (tertiary/aromatic N) is 4. The molecule has 0 aromatic heterocycles. The lowest BCUT2D eigenvalue weighted by atomic mass is 10.0. The molecule has 0 bridgehead atoms. The lowest BCUT2D eigenvalue weighted by molar-refractivity contribution is -0.384. The maximum Gasteiger partial charge on any atom is 0.319 e. The molecule has 1 aliphatic heterocycles. The van der Waals surface area contributed by atoms with Crippen LogP contribution in [-0.4, -0.2) is 29.6 Å². The maximum atomic E-state index is 11.8. The highest BCUT2D eigenvalue weighted by atomic mass is 16.6. The molecule has 0 aliphatic carbocycles. The summed E-state index contributed by atoms with van der Waals surface area (Å²) in [7, 11) is 0. The van der Waals surface area contributed by atoms with E-state index < -0.39 is 23.0 Å². The van der Waals surface area contributed by atoms with Crippen molar-refractivity contribution in [2.75, 3.05) is 6.61 Å². The Morgan fingerprint density at radius 1 is 1.64 bits per heavy atom. The molecule has 2 atom stereocenters. The number of nitro benzene ring substituents is 1. The van der Waals surface area contributed by atoms with E-state index in [4.69, 9.17) is 15.0 Å². The molecule has 2 unspecified atom stereocenters. The number of benzene rings is 1. The molecule has 0 spiro atoms. The minimum atomic E-state index is -1.16. The zero-order chi connectivity index (χ0) is 16.1. The lowest BCUT2D eigenvalue weighted by Gasteiger charge is -2.24. The number of hydrogen-bond donors (Lipinski definition) is 0. The molecule has 2 rings (SSSR count). The molecule has 1 heterocycles. The number of carbonyl (C=O) groups excluding carboxylic acids is 1. The molecule has 0 saturated heterocycles. The molecular formula is C13H12N4O5. The molecule has 114 valence electrons. The van der Waals surface area contributed by atoms with Crippen LogP contribution in [0.5, 0.6) is 5.75 Å². The van der Waals surface area contributed by atoms with Gasteiger partial charge in [-0.2, -0.15) is 0 Å². The number of carbonyl (C=O) groups is 1. The highest BCUT2D eigenvalue weighted by Gasteiger charge is 2.31. The van der Waals surface area contributed by atoms with Gasteiger partial charge in [0.1, 0.15) is 11.9 Å². The molecule has 1 aromatic rings. The second-order valence-corrected chi connectivity index (χ2v) is 4.32. The maximum absolute atomic E-state index is 11.8. The van der Waals surface area contributed by atoms with Crippen LogP contribution in [0, 0.1) is 10.1 Å².